The Balaban J connectivity index is 1.84. The van der Waals surface area contributed by atoms with Crippen LogP contribution < -0.4 is 4.57 Å². The molecule has 3 heteroatoms. The Kier molecular flexibility index (Phi) is 4.47. The van der Waals surface area contributed by atoms with E-state index in [0.29, 0.717) is 0 Å². The van der Waals surface area contributed by atoms with E-state index >= 15 is 0 Å². The number of pyridine rings is 1. The summed E-state index contributed by atoms with van der Waals surface area (Å²) in [5.41, 5.74) is 12.6. The zero-order valence-corrected chi connectivity index (χ0v) is 20.8. The molecular formula is C31H30N3+. The number of nitrogens with zero attached hydrogens (tertiary/aromatic N) is 3. The van der Waals surface area contributed by atoms with E-state index < -0.39 is 0 Å². The number of imidazole rings is 1. The van der Waals surface area contributed by atoms with Gasteiger partial charge in [0, 0.05) is 33.4 Å². The quantitative estimate of drug-likeness (QED) is 0.200. The minimum Gasteiger partial charge on any atom is -0.318 e. The molecule has 0 atom stereocenters. The van der Waals surface area contributed by atoms with Gasteiger partial charge in [0.15, 0.2) is 5.69 Å². The first-order valence-electron chi connectivity index (χ1n) is 11.9. The summed E-state index contributed by atoms with van der Waals surface area (Å²) in [7, 11) is 2.17. The van der Waals surface area contributed by atoms with E-state index in [0.717, 1.165) is 0 Å². The molecule has 3 aromatic heterocycles. The van der Waals surface area contributed by atoms with Crippen LogP contribution in [0.3, 0.4) is 0 Å². The number of fused-ring (bicyclic) bond motifs is 6. The molecule has 168 valence electrons. The smallest absolute Gasteiger partial charge is 0.295 e. The molecule has 0 spiro atoms. The van der Waals surface area contributed by atoms with E-state index in [1.807, 2.05) is 0 Å². The number of rotatable bonds is 2. The fourth-order valence-corrected chi connectivity index (χ4v) is 5.84. The molecule has 0 aliphatic carbocycles. The minimum atomic E-state index is 1.21. The van der Waals surface area contributed by atoms with Gasteiger partial charge in [-0.1, -0.05) is 36.4 Å². The normalized spacial score (nSPS) is 11.8. The fraction of sp³-hybridized carbons (Fsp3) is 0.194. The first-order chi connectivity index (χ1) is 16.4. The van der Waals surface area contributed by atoms with Gasteiger partial charge in [-0.3, -0.25) is 0 Å². The van der Waals surface area contributed by atoms with Crippen LogP contribution >= 0.6 is 0 Å². The minimum absolute atomic E-state index is 1.21. The lowest BCUT2D eigenvalue weighted by molar-refractivity contribution is -0.643. The van der Waals surface area contributed by atoms with Gasteiger partial charge in [0.1, 0.15) is 11.7 Å². The van der Waals surface area contributed by atoms with Crippen molar-refractivity contribution in [1.82, 2.24) is 8.97 Å². The van der Waals surface area contributed by atoms with Gasteiger partial charge in [-0.15, -0.1) is 0 Å². The SMILES string of the molecule is Cc1cccc(C)c1-c1c[n+](C)c2c3c(C)cccc3c3cc(-n4c(C)ccc4C)ccc3n12. The summed E-state index contributed by atoms with van der Waals surface area (Å²) in [5.74, 6) is 0. The maximum absolute atomic E-state index is 2.47. The van der Waals surface area contributed by atoms with Crippen LogP contribution in [0, 0.1) is 34.6 Å². The summed E-state index contributed by atoms with van der Waals surface area (Å²) in [6.45, 7) is 11.0. The highest BCUT2D eigenvalue weighted by Crippen LogP contribution is 2.36. The van der Waals surface area contributed by atoms with Gasteiger partial charge >= 0.3 is 0 Å². The van der Waals surface area contributed by atoms with E-state index in [9.17, 15) is 0 Å². The van der Waals surface area contributed by atoms with E-state index in [2.05, 4.69) is 128 Å². The molecule has 0 aliphatic heterocycles. The molecular weight excluding hydrogens is 414 g/mol. The van der Waals surface area contributed by atoms with Gasteiger partial charge in [-0.05, 0) is 81.6 Å². The predicted molar refractivity (Wildman–Crippen MR) is 142 cm³/mol. The summed E-state index contributed by atoms with van der Waals surface area (Å²) in [4.78, 5) is 0. The Morgan fingerprint density at radius 1 is 0.676 bits per heavy atom. The molecule has 34 heavy (non-hydrogen) atoms. The first-order valence-corrected chi connectivity index (χ1v) is 11.9. The van der Waals surface area contributed by atoms with Crippen molar-refractivity contribution in [2.24, 2.45) is 7.05 Å². The van der Waals surface area contributed by atoms with E-state index in [4.69, 9.17) is 0 Å². The molecule has 0 radical (unpaired) electrons. The van der Waals surface area contributed by atoms with Crippen LogP contribution in [0.4, 0.5) is 0 Å². The van der Waals surface area contributed by atoms with Crippen molar-refractivity contribution < 1.29 is 4.57 Å². The third-order valence-corrected chi connectivity index (χ3v) is 7.38. The summed E-state index contributed by atoms with van der Waals surface area (Å²) < 4.78 is 7.11. The van der Waals surface area contributed by atoms with Gasteiger partial charge in [-0.25, -0.2) is 4.57 Å². The van der Waals surface area contributed by atoms with Gasteiger partial charge in [-0.2, -0.15) is 4.40 Å². The molecule has 3 heterocycles. The van der Waals surface area contributed by atoms with Crippen molar-refractivity contribution in [1.29, 1.82) is 0 Å². The van der Waals surface area contributed by atoms with E-state index in [-0.39, 0.29) is 0 Å². The molecule has 0 saturated carbocycles. The van der Waals surface area contributed by atoms with Gasteiger partial charge in [0.2, 0.25) is 0 Å². The Labute approximate surface area is 200 Å². The summed E-state index contributed by atoms with van der Waals surface area (Å²) in [6, 6.07) is 24.6. The largest absolute Gasteiger partial charge is 0.318 e. The maximum Gasteiger partial charge on any atom is 0.295 e. The highest BCUT2D eigenvalue weighted by atomic mass is 15.1. The number of aryl methyl sites for hydroxylation is 6. The Bertz CT molecular complexity index is 1720. The first kappa shape index (κ1) is 20.7. The van der Waals surface area contributed by atoms with Crippen molar-refractivity contribution in [3.63, 3.8) is 0 Å². The van der Waals surface area contributed by atoms with Gasteiger partial charge in [0.05, 0.1) is 12.4 Å². The van der Waals surface area contributed by atoms with Gasteiger partial charge in [0.25, 0.3) is 5.65 Å². The zero-order chi connectivity index (χ0) is 23.7. The Hall–Kier alpha value is -3.85. The van der Waals surface area contributed by atoms with Crippen LogP contribution in [0.5, 0.6) is 0 Å². The average Bonchev–Trinajstić information content (AvgIpc) is 3.32. The fourth-order valence-electron chi connectivity index (χ4n) is 5.84. The molecule has 0 N–H and O–H groups in total. The lowest BCUT2D eigenvalue weighted by atomic mass is 9.99. The molecule has 0 aliphatic rings. The topological polar surface area (TPSA) is 13.2 Å². The second kappa shape index (κ2) is 7.33. The van der Waals surface area contributed by atoms with E-state index in [1.165, 1.54) is 72.3 Å². The second-order valence-corrected chi connectivity index (χ2v) is 9.70. The van der Waals surface area contributed by atoms with Crippen LogP contribution in [0.25, 0.3) is 44.3 Å². The summed E-state index contributed by atoms with van der Waals surface area (Å²) in [5, 5.41) is 3.89. The van der Waals surface area contributed by atoms with E-state index in [1.54, 1.807) is 0 Å². The average molecular weight is 445 g/mol. The second-order valence-electron chi connectivity index (χ2n) is 9.70. The van der Waals surface area contributed by atoms with Gasteiger partial charge < -0.3 is 4.57 Å². The molecule has 0 amide bonds. The van der Waals surface area contributed by atoms with Crippen LogP contribution in [0.2, 0.25) is 0 Å². The van der Waals surface area contributed by atoms with Crippen LogP contribution in [-0.4, -0.2) is 8.97 Å². The lowest BCUT2D eigenvalue weighted by Gasteiger charge is -2.13. The van der Waals surface area contributed by atoms with Crippen molar-refractivity contribution in [2.45, 2.75) is 34.6 Å². The Morgan fingerprint density at radius 2 is 1.32 bits per heavy atom. The summed E-state index contributed by atoms with van der Waals surface area (Å²) in [6.07, 6.45) is 2.30. The standard InChI is InChI=1S/C31H30N3/c1-19-9-7-10-20(2)29(19)28-18-32(6)31-30-21(3)11-8-12-25(30)26-17-24(15-16-27(26)34(28)31)33-22(4)13-14-23(33)5/h7-18H,1-6H3/q+1. The number of benzene rings is 3. The lowest BCUT2D eigenvalue weighted by Crippen LogP contribution is -2.26. The van der Waals surface area contributed by atoms with Crippen LogP contribution in [0.1, 0.15) is 28.1 Å². The van der Waals surface area contributed by atoms with Crippen LogP contribution in [-0.2, 0) is 7.05 Å². The van der Waals surface area contributed by atoms with Crippen molar-refractivity contribution in [3.8, 4) is 16.9 Å². The third kappa shape index (κ3) is 2.80. The molecule has 0 saturated heterocycles. The molecule has 0 unspecified atom stereocenters. The highest BCUT2D eigenvalue weighted by Gasteiger charge is 2.26. The molecule has 0 fully saturated rings. The molecule has 6 rings (SSSR count). The van der Waals surface area contributed by atoms with Crippen LogP contribution in [0.15, 0.2) is 72.9 Å². The van der Waals surface area contributed by atoms with Crippen molar-refractivity contribution >= 4 is 27.3 Å². The third-order valence-electron chi connectivity index (χ3n) is 7.38. The highest BCUT2D eigenvalue weighted by molar-refractivity contribution is 6.13. The Morgan fingerprint density at radius 3 is 2.03 bits per heavy atom. The molecule has 3 aromatic carbocycles. The number of aromatic nitrogens is 3. The maximum atomic E-state index is 2.47. The van der Waals surface area contributed by atoms with Crippen molar-refractivity contribution in [3.05, 3.63) is 101 Å². The predicted octanol–water partition coefficient (Wildman–Crippen LogP) is 7.07. The van der Waals surface area contributed by atoms with Crippen molar-refractivity contribution in [2.75, 3.05) is 0 Å². The summed E-state index contributed by atoms with van der Waals surface area (Å²) >= 11 is 0. The molecule has 0 bridgehead atoms. The number of hydrogen-bond donors (Lipinski definition) is 0. The molecule has 6 aromatic rings. The monoisotopic (exact) mass is 444 g/mol. The molecule has 3 nitrogen and oxygen atoms in total. The number of hydrogen-bond acceptors (Lipinski definition) is 0. The zero-order valence-electron chi connectivity index (χ0n) is 20.8.